The summed E-state index contributed by atoms with van der Waals surface area (Å²) in [6.45, 7) is 0.486. The molecule has 3 rings (SSSR count). The summed E-state index contributed by atoms with van der Waals surface area (Å²) in [5.41, 5.74) is 1.71. The van der Waals surface area contributed by atoms with Crippen molar-refractivity contribution in [2.75, 3.05) is 26.6 Å². The van der Waals surface area contributed by atoms with E-state index in [1.54, 1.807) is 49.4 Å². The van der Waals surface area contributed by atoms with E-state index >= 15 is 0 Å². The number of hydrogen-bond donors (Lipinski definition) is 1. The van der Waals surface area contributed by atoms with E-state index < -0.39 is 0 Å². The summed E-state index contributed by atoms with van der Waals surface area (Å²) in [4.78, 5) is 12.4. The normalized spacial score (nSPS) is 10.8. The molecule has 1 N–H and O–H groups in total. The average Bonchev–Trinajstić information content (AvgIpc) is 3.17. The van der Waals surface area contributed by atoms with Crippen molar-refractivity contribution in [3.63, 3.8) is 0 Å². The predicted octanol–water partition coefficient (Wildman–Crippen LogP) is 4.26. The minimum atomic E-state index is -0.295. The molecule has 0 aliphatic heterocycles. The van der Waals surface area contributed by atoms with E-state index in [1.165, 1.54) is 13.2 Å². The molecular weight excluding hydrogens is 406 g/mol. The van der Waals surface area contributed by atoms with Gasteiger partial charge in [0, 0.05) is 17.2 Å². The second-order valence-electron chi connectivity index (χ2n) is 6.29. The molecule has 156 valence electrons. The van der Waals surface area contributed by atoms with Gasteiger partial charge in [-0.2, -0.15) is 5.10 Å². The summed E-state index contributed by atoms with van der Waals surface area (Å²) in [6.07, 6.45) is 4.72. The van der Waals surface area contributed by atoms with Gasteiger partial charge < -0.3 is 19.5 Å². The number of anilines is 1. The molecule has 1 heterocycles. The molecule has 0 aliphatic rings. The monoisotopic (exact) mass is 427 g/mol. The highest BCUT2D eigenvalue weighted by Gasteiger charge is 2.12. The van der Waals surface area contributed by atoms with Gasteiger partial charge in [0.1, 0.15) is 5.82 Å². The van der Waals surface area contributed by atoms with Gasteiger partial charge in [-0.25, -0.2) is 4.68 Å². The Morgan fingerprint density at radius 1 is 1.10 bits per heavy atom. The minimum absolute atomic E-state index is 0.295. The predicted molar refractivity (Wildman–Crippen MR) is 117 cm³/mol. The number of ether oxygens (including phenoxy) is 3. The van der Waals surface area contributed by atoms with Crippen LogP contribution >= 0.6 is 11.6 Å². The summed E-state index contributed by atoms with van der Waals surface area (Å²) >= 11 is 6.04. The van der Waals surface area contributed by atoms with Crippen LogP contribution in [0.5, 0.6) is 17.2 Å². The van der Waals surface area contributed by atoms with Crippen LogP contribution < -0.4 is 19.5 Å². The molecule has 0 bridgehead atoms. The van der Waals surface area contributed by atoms with E-state index in [0.717, 1.165) is 11.1 Å². The van der Waals surface area contributed by atoms with Crippen LogP contribution in [0.4, 0.5) is 5.82 Å². The molecule has 0 fully saturated rings. The number of amides is 1. The van der Waals surface area contributed by atoms with Gasteiger partial charge in [-0.3, -0.25) is 4.79 Å². The van der Waals surface area contributed by atoms with Gasteiger partial charge in [-0.1, -0.05) is 23.7 Å². The fraction of sp³-hybridized carbons (Fsp3) is 0.182. The number of methoxy groups -OCH3 is 3. The van der Waals surface area contributed by atoms with E-state index in [4.69, 9.17) is 25.8 Å². The van der Waals surface area contributed by atoms with Crippen molar-refractivity contribution in [2.45, 2.75) is 6.54 Å². The molecule has 0 aliphatic carbocycles. The third-order valence-electron chi connectivity index (χ3n) is 4.30. The van der Waals surface area contributed by atoms with Crippen LogP contribution in [-0.2, 0) is 11.3 Å². The van der Waals surface area contributed by atoms with E-state index in [2.05, 4.69) is 10.4 Å². The maximum absolute atomic E-state index is 12.4. The molecule has 2 aromatic carbocycles. The maximum Gasteiger partial charge on any atom is 0.249 e. The van der Waals surface area contributed by atoms with Gasteiger partial charge >= 0.3 is 0 Å². The second kappa shape index (κ2) is 9.84. The van der Waals surface area contributed by atoms with Gasteiger partial charge in [0.15, 0.2) is 11.5 Å². The first kappa shape index (κ1) is 21.3. The minimum Gasteiger partial charge on any atom is -0.493 e. The molecule has 1 amide bonds. The standard InChI is InChI=1S/C22H22ClN3O4/c1-28-18-12-15(13-19(29-2)22(18)30-3)7-8-21(27)25-20-9-10-24-26(20)14-16-5-4-6-17(23)11-16/h4-13H,14H2,1-3H3,(H,25,27)/b8-7+. The molecule has 8 heteroatoms. The number of aromatic nitrogens is 2. The van der Waals surface area contributed by atoms with E-state index in [-0.39, 0.29) is 5.91 Å². The lowest BCUT2D eigenvalue weighted by Gasteiger charge is -2.12. The smallest absolute Gasteiger partial charge is 0.249 e. The van der Waals surface area contributed by atoms with E-state index in [0.29, 0.717) is 34.6 Å². The zero-order valence-electron chi connectivity index (χ0n) is 16.9. The summed E-state index contributed by atoms with van der Waals surface area (Å²) in [6, 6.07) is 12.7. The van der Waals surface area contributed by atoms with E-state index in [1.807, 2.05) is 24.3 Å². The van der Waals surface area contributed by atoms with E-state index in [9.17, 15) is 4.79 Å². The fourth-order valence-corrected chi connectivity index (χ4v) is 3.12. The maximum atomic E-state index is 12.4. The van der Waals surface area contributed by atoms with Crippen LogP contribution in [0.1, 0.15) is 11.1 Å². The molecule has 3 aromatic rings. The quantitative estimate of drug-likeness (QED) is 0.543. The zero-order valence-corrected chi connectivity index (χ0v) is 17.6. The number of hydrogen-bond acceptors (Lipinski definition) is 5. The van der Waals surface area contributed by atoms with Gasteiger partial charge in [0.05, 0.1) is 34.1 Å². The molecule has 0 atom stereocenters. The van der Waals surface area contributed by atoms with Crippen LogP contribution in [0.15, 0.2) is 54.7 Å². The number of nitrogens with one attached hydrogen (secondary N) is 1. The summed E-state index contributed by atoms with van der Waals surface area (Å²) in [5, 5.41) is 7.75. The van der Waals surface area contributed by atoms with Crippen LogP contribution in [0.3, 0.4) is 0 Å². The Balaban J connectivity index is 1.72. The molecule has 0 saturated carbocycles. The number of carbonyl (C=O) groups excluding carboxylic acids is 1. The molecule has 1 aromatic heterocycles. The van der Waals surface area contributed by atoms with Crippen molar-refractivity contribution in [3.8, 4) is 17.2 Å². The van der Waals surface area contributed by atoms with Crippen molar-refractivity contribution in [3.05, 3.63) is 70.9 Å². The SMILES string of the molecule is COc1cc(/C=C/C(=O)Nc2ccnn2Cc2cccc(Cl)c2)cc(OC)c1OC. The van der Waals surface area contributed by atoms with Crippen molar-refractivity contribution < 1.29 is 19.0 Å². The molecule has 0 spiro atoms. The van der Waals surface area contributed by atoms with Crippen LogP contribution in [-0.4, -0.2) is 37.0 Å². The Bertz CT molecular complexity index is 1040. The highest BCUT2D eigenvalue weighted by Crippen LogP contribution is 2.38. The second-order valence-corrected chi connectivity index (χ2v) is 6.72. The molecular formula is C22H22ClN3O4. The van der Waals surface area contributed by atoms with Gasteiger partial charge in [-0.05, 0) is 41.5 Å². The third-order valence-corrected chi connectivity index (χ3v) is 4.54. The largest absolute Gasteiger partial charge is 0.493 e. The fourth-order valence-electron chi connectivity index (χ4n) is 2.91. The Kier molecular flexibility index (Phi) is 6.98. The number of halogens is 1. The zero-order chi connectivity index (χ0) is 21.5. The van der Waals surface area contributed by atoms with Crippen molar-refractivity contribution in [1.82, 2.24) is 9.78 Å². The van der Waals surface area contributed by atoms with Gasteiger partial charge in [0.25, 0.3) is 0 Å². The molecule has 0 radical (unpaired) electrons. The number of nitrogens with zero attached hydrogens (tertiary/aromatic N) is 2. The molecule has 0 saturated heterocycles. The van der Waals surface area contributed by atoms with Crippen molar-refractivity contribution in [2.24, 2.45) is 0 Å². The number of rotatable bonds is 8. The average molecular weight is 428 g/mol. The van der Waals surface area contributed by atoms with Crippen molar-refractivity contribution in [1.29, 1.82) is 0 Å². The van der Waals surface area contributed by atoms with Crippen LogP contribution in [0, 0.1) is 0 Å². The van der Waals surface area contributed by atoms with Crippen LogP contribution in [0.25, 0.3) is 6.08 Å². The highest BCUT2D eigenvalue weighted by molar-refractivity contribution is 6.30. The Labute approximate surface area is 179 Å². The topological polar surface area (TPSA) is 74.6 Å². The lowest BCUT2D eigenvalue weighted by Crippen LogP contribution is -2.13. The Hall–Kier alpha value is -3.45. The third kappa shape index (κ3) is 5.12. The molecule has 30 heavy (non-hydrogen) atoms. The highest BCUT2D eigenvalue weighted by atomic mass is 35.5. The van der Waals surface area contributed by atoms with Gasteiger partial charge in [0.2, 0.25) is 11.7 Å². The summed E-state index contributed by atoms with van der Waals surface area (Å²) in [5.74, 6) is 1.80. The number of carbonyl (C=O) groups is 1. The molecule has 0 unspecified atom stereocenters. The lowest BCUT2D eigenvalue weighted by molar-refractivity contribution is -0.111. The lowest BCUT2D eigenvalue weighted by atomic mass is 10.1. The first-order valence-corrected chi connectivity index (χ1v) is 9.47. The van der Waals surface area contributed by atoms with Crippen LogP contribution in [0.2, 0.25) is 5.02 Å². The Morgan fingerprint density at radius 3 is 2.47 bits per heavy atom. The summed E-state index contributed by atoms with van der Waals surface area (Å²) in [7, 11) is 4.62. The summed E-state index contributed by atoms with van der Waals surface area (Å²) < 4.78 is 17.7. The first-order valence-electron chi connectivity index (χ1n) is 9.09. The Morgan fingerprint density at radius 2 is 1.83 bits per heavy atom. The van der Waals surface area contributed by atoms with Crippen molar-refractivity contribution >= 4 is 29.4 Å². The molecule has 7 nitrogen and oxygen atoms in total. The number of benzene rings is 2. The first-order chi connectivity index (χ1) is 14.5. The van der Waals surface area contributed by atoms with Gasteiger partial charge in [-0.15, -0.1) is 0 Å².